The summed E-state index contributed by atoms with van der Waals surface area (Å²) in [5.74, 6) is -0.228. The van der Waals surface area contributed by atoms with Gasteiger partial charge >= 0.3 is 5.97 Å². The highest BCUT2D eigenvalue weighted by Gasteiger charge is 2.40. The van der Waals surface area contributed by atoms with Crippen LogP contribution in [0.5, 0.6) is 0 Å². The predicted octanol–water partition coefficient (Wildman–Crippen LogP) is 0.479. The normalized spacial score (nSPS) is 30.4. The molecule has 4 heteroatoms. The zero-order valence-corrected chi connectivity index (χ0v) is 8.10. The number of ether oxygens (including phenoxy) is 1. The standard InChI is InChI=1S/C10H13NO3/c1-7(12)14-9-6-10(13)11-5-3-2-4-8(9)11/h2,4,8-9H,3,5-6H2,1H3/t8-,9+/m0/s1. The molecular weight excluding hydrogens is 182 g/mol. The van der Waals surface area contributed by atoms with Gasteiger partial charge in [-0.2, -0.15) is 0 Å². The van der Waals surface area contributed by atoms with Crippen molar-refractivity contribution in [3.8, 4) is 0 Å². The van der Waals surface area contributed by atoms with Gasteiger partial charge in [0.1, 0.15) is 6.10 Å². The fourth-order valence-corrected chi connectivity index (χ4v) is 2.05. The molecule has 2 aliphatic heterocycles. The zero-order valence-electron chi connectivity index (χ0n) is 8.10. The average molecular weight is 195 g/mol. The molecule has 1 amide bonds. The van der Waals surface area contributed by atoms with Crippen LogP contribution in [0, 0.1) is 0 Å². The van der Waals surface area contributed by atoms with E-state index in [2.05, 4.69) is 0 Å². The number of rotatable bonds is 1. The van der Waals surface area contributed by atoms with Crippen molar-refractivity contribution in [2.24, 2.45) is 0 Å². The van der Waals surface area contributed by atoms with Gasteiger partial charge < -0.3 is 9.64 Å². The lowest BCUT2D eigenvalue weighted by atomic mass is 10.1. The van der Waals surface area contributed by atoms with Crippen molar-refractivity contribution in [3.63, 3.8) is 0 Å². The van der Waals surface area contributed by atoms with E-state index in [4.69, 9.17) is 4.74 Å². The summed E-state index contributed by atoms with van der Waals surface area (Å²) in [5, 5.41) is 0. The summed E-state index contributed by atoms with van der Waals surface area (Å²) in [7, 11) is 0. The van der Waals surface area contributed by atoms with Gasteiger partial charge in [0, 0.05) is 13.5 Å². The van der Waals surface area contributed by atoms with Gasteiger partial charge in [0.15, 0.2) is 0 Å². The van der Waals surface area contributed by atoms with Crippen LogP contribution in [0.1, 0.15) is 19.8 Å². The smallest absolute Gasteiger partial charge is 0.303 e. The van der Waals surface area contributed by atoms with Crippen molar-refractivity contribution in [1.82, 2.24) is 4.90 Å². The van der Waals surface area contributed by atoms with E-state index in [9.17, 15) is 9.59 Å². The van der Waals surface area contributed by atoms with Crippen LogP contribution < -0.4 is 0 Å². The number of hydrogen-bond acceptors (Lipinski definition) is 3. The lowest BCUT2D eigenvalue weighted by molar-refractivity contribution is -0.146. The number of carbonyl (C=O) groups excluding carboxylic acids is 2. The van der Waals surface area contributed by atoms with Crippen LogP contribution in [-0.2, 0) is 14.3 Å². The molecule has 14 heavy (non-hydrogen) atoms. The molecule has 0 aromatic heterocycles. The third kappa shape index (κ3) is 1.52. The van der Waals surface area contributed by atoms with Gasteiger partial charge in [-0.1, -0.05) is 12.2 Å². The molecule has 2 heterocycles. The lowest BCUT2D eigenvalue weighted by Gasteiger charge is -2.27. The fourth-order valence-electron chi connectivity index (χ4n) is 2.05. The Labute approximate surface area is 82.5 Å². The van der Waals surface area contributed by atoms with Gasteiger partial charge in [-0.3, -0.25) is 9.59 Å². The largest absolute Gasteiger partial charge is 0.459 e. The molecule has 0 spiro atoms. The molecule has 1 fully saturated rings. The summed E-state index contributed by atoms with van der Waals surface area (Å²) in [5.41, 5.74) is 0. The first-order valence-electron chi connectivity index (χ1n) is 4.82. The van der Waals surface area contributed by atoms with Crippen molar-refractivity contribution >= 4 is 11.9 Å². The van der Waals surface area contributed by atoms with Gasteiger partial charge in [-0.15, -0.1) is 0 Å². The second-order valence-corrected chi connectivity index (χ2v) is 3.65. The molecule has 2 atom stereocenters. The van der Waals surface area contributed by atoms with Crippen molar-refractivity contribution in [1.29, 1.82) is 0 Å². The minimum atomic E-state index is -0.316. The highest BCUT2D eigenvalue weighted by molar-refractivity contribution is 5.81. The maximum absolute atomic E-state index is 11.5. The third-order valence-corrected chi connectivity index (χ3v) is 2.62. The quantitative estimate of drug-likeness (QED) is 0.451. The zero-order chi connectivity index (χ0) is 10.1. The summed E-state index contributed by atoms with van der Waals surface area (Å²) in [4.78, 5) is 24.1. The predicted molar refractivity (Wildman–Crippen MR) is 49.4 cm³/mol. The van der Waals surface area contributed by atoms with Gasteiger partial charge in [0.25, 0.3) is 0 Å². The Hall–Kier alpha value is -1.32. The highest BCUT2D eigenvalue weighted by atomic mass is 16.5. The van der Waals surface area contributed by atoms with Crippen LogP contribution in [0.25, 0.3) is 0 Å². The Morgan fingerprint density at radius 2 is 2.43 bits per heavy atom. The van der Waals surface area contributed by atoms with Gasteiger partial charge in [0.05, 0.1) is 12.5 Å². The first-order chi connectivity index (χ1) is 6.68. The van der Waals surface area contributed by atoms with E-state index in [-0.39, 0.29) is 24.0 Å². The van der Waals surface area contributed by atoms with Crippen molar-refractivity contribution in [3.05, 3.63) is 12.2 Å². The Kier molecular flexibility index (Phi) is 2.27. The second kappa shape index (κ2) is 3.44. The average Bonchev–Trinajstić information content (AvgIpc) is 2.44. The molecule has 0 aromatic carbocycles. The molecule has 76 valence electrons. The van der Waals surface area contributed by atoms with E-state index >= 15 is 0 Å². The van der Waals surface area contributed by atoms with E-state index < -0.39 is 0 Å². The molecule has 0 radical (unpaired) electrons. The molecule has 0 N–H and O–H groups in total. The molecule has 0 aromatic rings. The highest BCUT2D eigenvalue weighted by Crippen LogP contribution is 2.26. The summed E-state index contributed by atoms with van der Waals surface area (Å²) in [6, 6.07) is -0.0276. The minimum absolute atomic E-state index is 0.0276. The van der Waals surface area contributed by atoms with E-state index in [0.717, 1.165) is 13.0 Å². The number of carbonyl (C=O) groups is 2. The first-order valence-corrected chi connectivity index (χ1v) is 4.82. The second-order valence-electron chi connectivity index (χ2n) is 3.65. The SMILES string of the molecule is CC(=O)O[C@@H]1CC(=O)N2CCC=C[C@@H]12. The van der Waals surface area contributed by atoms with Crippen LogP contribution in [-0.4, -0.2) is 35.5 Å². The van der Waals surface area contributed by atoms with Crippen LogP contribution >= 0.6 is 0 Å². The number of nitrogens with zero attached hydrogens (tertiary/aromatic N) is 1. The van der Waals surface area contributed by atoms with Crippen molar-refractivity contribution < 1.29 is 14.3 Å². The molecule has 0 aliphatic carbocycles. The van der Waals surface area contributed by atoms with E-state index in [1.807, 2.05) is 12.2 Å². The summed E-state index contributed by atoms with van der Waals surface area (Å²) in [6.45, 7) is 2.12. The van der Waals surface area contributed by atoms with E-state index in [1.165, 1.54) is 6.92 Å². The Morgan fingerprint density at radius 1 is 1.64 bits per heavy atom. The summed E-state index contributed by atoms with van der Waals surface area (Å²) in [6.07, 6.45) is 4.94. The molecule has 2 aliphatic rings. The molecule has 2 rings (SSSR count). The van der Waals surface area contributed by atoms with Crippen LogP contribution in [0.2, 0.25) is 0 Å². The minimum Gasteiger partial charge on any atom is -0.459 e. The van der Waals surface area contributed by atoms with Crippen LogP contribution in [0.4, 0.5) is 0 Å². The van der Waals surface area contributed by atoms with Gasteiger partial charge in [0.2, 0.25) is 5.91 Å². The Morgan fingerprint density at radius 3 is 3.14 bits per heavy atom. The van der Waals surface area contributed by atoms with Crippen LogP contribution in [0.3, 0.4) is 0 Å². The maximum atomic E-state index is 11.5. The topological polar surface area (TPSA) is 46.6 Å². The van der Waals surface area contributed by atoms with Gasteiger partial charge in [-0.05, 0) is 6.42 Å². The molecule has 0 saturated carbocycles. The maximum Gasteiger partial charge on any atom is 0.303 e. The first kappa shape index (κ1) is 9.24. The fraction of sp³-hybridized carbons (Fsp3) is 0.600. The summed E-state index contributed by atoms with van der Waals surface area (Å²) >= 11 is 0. The number of amides is 1. The molecule has 4 nitrogen and oxygen atoms in total. The molecule has 1 saturated heterocycles. The monoisotopic (exact) mass is 195 g/mol. The van der Waals surface area contributed by atoms with Crippen molar-refractivity contribution in [2.45, 2.75) is 31.9 Å². The Balaban J connectivity index is 2.13. The molecule has 0 unspecified atom stereocenters. The van der Waals surface area contributed by atoms with Gasteiger partial charge in [-0.25, -0.2) is 0 Å². The summed E-state index contributed by atoms with van der Waals surface area (Å²) < 4.78 is 5.10. The number of fused-ring (bicyclic) bond motifs is 1. The van der Waals surface area contributed by atoms with Crippen molar-refractivity contribution in [2.75, 3.05) is 6.54 Å². The molecular formula is C10H13NO3. The molecule has 0 bridgehead atoms. The third-order valence-electron chi connectivity index (χ3n) is 2.62. The van der Waals surface area contributed by atoms with E-state index in [1.54, 1.807) is 4.90 Å². The van der Waals surface area contributed by atoms with Crippen LogP contribution in [0.15, 0.2) is 12.2 Å². The van der Waals surface area contributed by atoms with E-state index in [0.29, 0.717) is 6.42 Å². The lowest BCUT2D eigenvalue weighted by Crippen LogP contribution is -2.39. The number of esters is 1. The Bertz CT molecular complexity index is 298. The number of hydrogen-bond donors (Lipinski definition) is 0.